The molecule has 0 heterocycles. The second-order valence-electron chi connectivity index (χ2n) is 8.03. The van der Waals surface area contributed by atoms with E-state index in [-0.39, 0.29) is 59.1 Å². The molecule has 0 N–H and O–H groups in total. The predicted molar refractivity (Wildman–Crippen MR) is 111 cm³/mol. The third-order valence-electron chi connectivity index (χ3n) is 5.31. The Morgan fingerprint density at radius 2 is 1.07 bits per heavy atom. The van der Waals surface area contributed by atoms with Gasteiger partial charge in [0.1, 0.15) is 0 Å². The SMILES string of the molecule is CCCCCCCC/C=C/CCCCCCCCCCC(CC(=O)[O-])C(=O)[O-].[Na+].[Na+]. The molecule has 0 aliphatic heterocycles. The average Bonchev–Trinajstić information content (AvgIpc) is 2.65. The smallest absolute Gasteiger partial charge is 0.550 e. The summed E-state index contributed by atoms with van der Waals surface area (Å²) < 4.78 is 0. The zero-order chi connectivity index (χ0) is 20.9. The van der Waals surface area contributed by atoms with Gasteiger partial charge in [0.15, 0.2) is 0 Å². The molecule has 0 saturated heterocycles. The minimum absolute atomic E-state index is 0. The molecule has 0 amide bonds. The summed E-state index contributed by atoms with van der Waals surface area (Å²) in [5, 5.41) is 21.3. The van der Waals surface area contributed by atoms with Gasteiger partial charge in [0.2, 0.25) is 0 Å². The molecule has 30 heavy (non-hydrogen) atoms. The van der Waals surface area contributed by atoms with Crippen LogP contribution < -0.4 is 69.3 Å². The van der Waals surface area contributed by atoms with Crippen LogP contribution in [0.5, 0.6) is 0 Å². The summed E-state index contributed by atoms with van der Waals surface area (Å²) in [6.07, 6.45) is 24.2. The normalized spacial score (nSPS) is 11.6. The quantitative estimate of drug-likeness (QED) is 0.126. The monoisotopic (exact) mass is 440 g/mol. The first-order valence-electron chi connectivity index (χ1n) is 11.6. The van der Waals surface area contributed by atoms with Crippen molar-refractivity contribution in [3.05, 3.63) is 12.2 Å². The Bertz CT molecular complexity index is 414. The number of unbranched alkanes of at least 4 members (excludes halogenated alkanes) is 14. The van der Waals surface area contributed by atoms with Crippen molar-refractivity contribution >= 4 is 11.9 Å². The topological polar surface area (TPSA) is 80.3 Å². The number of hydrogen-bond acceptors (Lipinski definition) is 4. The first kappa shape index (κ1) is 35.3. The molecule has 0 bridgehead atoms. The molecule has 6 heteroatoms. The van der Waals surface area contributed by atoms with E-state index in [1.165, 1.54) is 83.5 Å². The maximum Gasteiger partial charge on any atom is 1.00 e. The van der Waals surface area contributed by atoms with Crippen LogP contribution in [0.25, 0.3) is 0 Å². The number of hydrogen-bond donors (Lipinski definition) is 0. The first-order chi connectivity index (χ1) is 13.6. The Labute approximate surface area is 229 Å². The van der Waals surface area contributed by atoms with E-state index in [2.05, 4.69) is 19.1 Å². The first-order valence-corrected chi connectivity index (χ1v) is 11.6. The number of carbonyl (C=O) groups is 2. The van der Waals surface area contributed by atoms with Crippen LogP contribution in [0.1, 0.15) is 122 Å². The molecule has 0 radical (unpaired) electrons. The van der Waals surface area contributed by atoms with Crippen molar-refractivity contribution in [3.8, 4) is 0 Å². The Hall–Kier alpha value is 0.680. The van der Waals surface area contributed by atoms with Crippen molar-refractivity contribution in [2.24, 2.45) is 5.92 Å². The molecule has 0 aromatic rings. The molecule has 0 aromatic carbocycles. The van der Waals surface area contributed by atoms with Gasteiger partial charge in [-0.2, -0.15) is 0 Å². The van der Waals surface area contributed by atoms with E-state index in [1.54, 1.807) is 0 Å². The molecular formula is C24H42Na2O4. The largest absolute Gasteiger partial charge is 1.00 e. The molecule has 4 nitrogen and oxygen atoms in total. The predicted octanol–water partition coefficient (Wildman–Crippen LogP) is -1.29. The standard InChI is InChI=1S/C24H44O4.2Na/c1-2-3-4-5-6-7-8-9-10-11-12-13-14-15-16-17-18-19-20-22(24(27)28)21-23(25)26;;/h9-10,22H,2-8,11-21H2,1H3,(H,25,26)(H,27,28);;/q;2*+1/p-2/b10-9+;;. The zero-order valence-corrected chi connectivity index (χ0v) is 24.1. The molecule has 0 spiro atoms. The maximum atomic E-state index is 10.8. The number of carbonyl (C=O) groups excluding carboxylic acids is 2. The molecule has 0 saturated carbocycles. The minimum Gasteiger partial charge on any atom is -0.550 e. The molecule has 0 rings (SSSR count). The summed E-state index contributed by atoms with van der Waals surface area (Å²) >= 11 is 0. The van der Waals surface area contributed by atoms with E-state index in [0.717, 1.165) is 19.3 Å². The van der Waals surface area contributed by atoms with E-state index in [9.17, 15) is 19.8 Å². The molecule has 0 fully saturated rings. The van der Waals surface area contributed by atoms with Gasteiger partial charge in [-0.3, -0.25) is 0 Å². The summed E-state index contributed by atoms with van der Waals surface area (Å²) in [5.74, 6) is -3.49. The number of allylic oxidation sites excluding steroid dienone is 2. The van der Waals surface area contributed by atoms with E-state index in [0.29, 0.717) is 6.42 Å². The van der Waals surface area contributed by atoms with Crippen LogP contribution in [-0.2, 0) is 9.59 Å². The molecular weight excluding hydrogens is 398 g/mol. The van der Waals surface area contributed by atoms with Crippen LogP contribution in [0.3, 0.4) is 0 Å². The Morgan fingerprint density at radius 1 is 0.667 bits per heavy atom. The minimum atomic E-state index is -1.31. The molecule has 1 atom stereocenters. The van der Waals surface area contributed by atoms with E-state index < -0.39 is 24.3 Å². The molecule has 0 aliphatic rings. The number of rotatable bonds is 21. The summed E-state index contributed by atoms with van der Waals surface area (Å²) in [6.45, 7) is 2.25. The summed E-state index contributed by atoms with van der Waals surface area (Å²) in [7, 11) is 0. The molecule has 0 aliphatic carbocycles. The van der Waals surface area contributed by atoms with Gasteiger partial charge in [0.05, 0.1) is 0 Å². The fourth-order valence-corrected chi connectivity index (χ4v) is 3.50. The number of aliphatic carboxylic acids is 2. The maximum absolute atomic E-state index is 10.8. The van der Waals surface area contributed by atoms with Crippen molar-refractivity contribution in [2.45, 2.75) is 122 Å². The average molecular weight is 441 g/mol. The Kier molecular flexibility index (Phi) is 32.6. The summed E-state index contributed by atoms with van der Waals surface area (Å²) in [5.41, 5.74) is 0. The van der Waals surface area contributed by atoms with Crippen LogP contribution in [0.15, 0.2) is 12.2 Å². The van der Waals surface area contributed by atoms with Crippen LogP contribution in [0.4, 0.5) is 0 Å². The summed E-state index contributed by atoms with van der Waals surface area (Å²) in [6, 6.07) is 0. The van der Waals surface area contributed by atoms with Gasteiger partial charge in [-0.25, -0.2) is 0 Å². The number of carboxylic acid groups (broad SMARTS) is 2. The number of carboxylic acids is 2. The van der Waals surface area contributed by atoms with Crippen molar-refractivity contribution in [2.75, 3.05) is 0 Å². The van der Waals surface area contributed by atoms with Gasteiger partial charge in [-0.15, -0.1) is 0 Å². The third-order valence-corrected chi connectivity index (χ3v) is 5.31. The van der Waals surface area contributed by atoms with Crippen LogP contribution >= 0.6 is 0 Å². The van der Waals surface area contributed by atoms with Gasteiger partial charge in [-0.05, 0) is 38.5 Å². The van der Waals surface area contributed by atoms with Crippen molar-refractivity contribution in [1.82, 2.24) is 0 Å². The van der Waals surface area contributed by atoms with Crippen LogP contribution in [0, 0.1) is 5.92 Å². The second-order valence-corrected chi connectivity index (χ2v) is 8.03. The van der Waals surface area contributed by atoms with Crippen LogP contribution in [-0.4, -0.2) is 11.9 Å². The van der Waals surface area contributed by atoms with Crippen LogP contribution in [0.2, 0.25) is 0 Å². The molecule has 1 unspecified atom stereocenters. The Balaban J connectivity index is -0.00000364. The van der Waals surface area contributed by atoms with Gasteiger partial charge in [-0.1, -0.05) is 96.1 Å². The Morgan fingerprint density at radius 3 is 1.47 bits per heavy atom. The molecule has 0 aromatic heterocycles. The van der Waals surface area contributed by atoms with E-state index >= 15 is 0 Å². The summed E-state index contributed by atoms with van der Waals surface area (Å²) in [4.78, 5) is 21.3. The van der Waals surface area contributed by atoms with E-state index in [4.69, 9.17) is 0 Å². The van der Waals surface area contributed by atoms with Gasteiger partial charge in [0, 0.05) is 17.9 Å². The van der Waals surface area contributed by atoms with Crippen molar-refractivity contribution in [3.63, 3.8) is 0 Å². The third kappa shape index (κ3) is 26.7. The van der Waals surface area contributed by atoms with Crippen molar-refractivity contribution in [1.29, 1.82) is 0 Å². The van der Waals surface area contributed by atoms with Gasteiger partial charge < -0.3 is 19.8 Å². The zero-order valence-electron chi connectivity index (χ0n) is 20.1. The fourth-order valence-electron chi connectivity index (χ4n) is 3.50. The van der Waals surface area contributed by atoms with Crippen molar-refractivity contribution < 1.29 is 78.9 Å². The second kappa shape index (κ2) is 27.7. The van der Waals surface area contributed by atoms with Gasteiger partial charge >= 0.3 is 59.1 Å². The van der Waals surface area contributed by atoms with E-state index in [1.807, 2.05) is 0 Å². The molecule has 164 valence electrons. The fraction of sp³-hybridized carbons (Fsp3) is 0.833. The van der Waals surface area contributed by atoms with Gasteiger partial charge in [0.25, 0.3) is 0 Å².